The number of nitrogens with two attached hydrogens (primary N) is 1. The number of aliphatic hydroxyl groups is 1. The van der Waals surface area contributed by atoms with E-state index in [1.165, 1.54) is 0 Å². The van der Waals surface area contributed by atoms with Crippen molar-refractivity contribution in [2.24, 2.45) is 5.73 Å². The molecule has 4 nitrogen and oxygen atoms in total. The molecule has 0 saturated carbocycles. The maximum atomic E-state index is 8.90. The highest BCUT2D eigenvalue weighted by Gasteiger charge is 2.17. The first-order chi connectivity index (χ1) is 8.22. The second-order valence-electron chi connectivity index (χ2n) is 4.00. The van der Waals surface area contributed by atoms with E-state index in [1.54, 1.807) is 0 Å². The molecule has 0 aromatic heterocycles. The summed E-state index contributed by atoms with van der Waals surface area (Å²) in [6.07, 6.45) is 1.41. The molecule has 5 heteroatoms. The lowest BCUT2D eigenvalue weighted by Crippen LogP contribution is -2.12. The highest BCUT2D eigenvalue weighted by atomic mass is 79.9. The monoisotopic (exact) mass is 301 g/mol. The van der Waals surface area contributed by atoms with Crippen LogP contribution in [0.1, 0.15) is 24.4 Å². The Morgan fingerprint density at radius 3 is 2.88 bits per heavy atom. The van der Waals surface area contributed by atoms with Crippen LogP contribution in [0.3, 0.4) is 0 Å². The fourth-order valence-electron chi connectivity index (χ4n) is 1.77. The van der Waals surface area contributed by atoms with Gasteiger partial charge < -0.3 is 20.3 Å². The largest absolute Gasteiger partial charge is 0.490 e. The van der Waals surface area contributed by atoms with Crippen LogP contribution in [0, 0.1) is 0 Å². The maximum Gasteiger partial charge on any atom is 0.175 e. The zero-order valence-corrected chi connectivity index (χ0v) is 11.1. The molecule has 1 heterocycles. The fraction of sp³-hybridized carbons (Fsp3) is 0.500. The summed E-state index contributed by atoms with van der Waals surface area (Å²) in [5, 5.41) is 8.90. The predicted molar refractivity (Wildman–Crippen MR) is 68.4 cm³/mol. The minimum Gasteiger partial charge on any atom is -0.490 e. The number of hydrogen-bond acceptors (Lipinski definition) is 4. The third-order valence-electron chi connectivity index (χ3n) is 2.69. The van der Waals surface area contributed by atoms with Gasteiger partial charge in [0, 0.05) is 19.1 Å². The maximum absolute atomic E-state index is 8.90. The molecular formula is C12H16BrNO3. The number of hydrogen-bond donors (Lipinski definition) is 2. The highest BCUT2D eigenvalue weighted by Crippen LogP contribution is 2.39. The lowest BCUT2D eigenvalue weighted by atomic mass is 10.0. The zero-order chi connectivity index (χ0) is 12.3. The number of fused-ring (bicyclic) bond motifs is 1. The van der Waals surface area contributed by atoms with Crippen LogP contribution in [-0.2, 0) is 0 Å². The predicted octanol–water partition coefficient (Wildman–Crippen LogP) is 1.99. The van der Waals surface area contributed by atoms with Crippen LogP contribution in [0.5, 0.6) is 11.5 Å². The molecule has 94 valence electrons. The van der Waals surface area contributed by atoms with E-state index >= 15 is 0 Å². The van der Waals surface area contributed by atoms with Gasteiger partial charge in [0.05, 0.1) is 17.7 Å². The Balaban J connectivity index is 2.31. The third-order valence-corrected chi connectivity index (χ3v) is 3.28. The Hall–Kier alpha value is -0.780. The number of ether oxygens (including phenoxy) is 2. The van der Waals surface area contributed by atoms with Crippen molar-refractivity contribution in [2.45, 2.75) is 18.9 Å². The number of benzene rings is 1. The van der Waals surface area contributed by atoms with Crippen molar-refractivity contribution >= 4 is 15.9 Å². The first kappa shape index (κ1) is 12.7. The first-order valence-corrected chi connectivity index (χ1v) is 6.47. The lowest BCUT2D eigenvalue weighted by molar-refractivity contribution is 0.276. The van der Waals surface area contributed by atoms with E-state index in [4.69, 9.17) is 20.3 Å². The van der Waals surface area contributed by atoms with Crippen molar-refractivity contribution < 1.29 is 14.6 Å². The van der Waals surface area contributed by atoms with Crippen LogP contribution in [0.2, 0.25) is 0 Å². The Labute approximate surface area is 109 Å². The summed E-state index contributed by atoms with van der Waals surface area (Å²) in [6, 6.07) is 3.63. The summed E-state index contributed by atoms with van der Waals surface area (Å²) in [7, 11) is 0. The van der Waals surface area contributed by atoms with Gasteiger partial charge in [0.25, 0.3) is 0 Å². The van der Waals surface area contributed by atoms with Gasteiger partial charge in [0.1, 0.15) is 0 Å². The SMILES string of the molecule is NC(CCO)c1cc(Br)c2c(c1)OCCCO2. The lowest BCUT2D eigenvalue weighted by Gasteiger charge is -2.15. The molecule has 0 bridgehead atoms. The van der Waals surface area contributed by atoms with E-state index in [0.717, 1.165) is 28.0 Å². The fourth-order valence-corrected chi connectivity index (χ4v) is 2.34. The molecule has 0 fully saturated rings. The average Bonchev–Trinajstić information content (AvgIpc) is 2.54. The summed E-state index contributed by atoms with van der Waals surface area (Å²) in [5.41, 5.74) is 6.91. The molecule has 1 aromatic carbocycles. The summed E-state index contributed by atoms with van der Waals surface area (Å²) < 4.78 is 12.1. The van der Waals surface area contributed by atoms with Gasteiger partial charge in [-0.25, -0.2) is 0 Å². The van der Waals surface area contributed by atoms with Crippen LogP contribution in [0.25, 0.3) is 0 Å². The minimum atomic E-state index is -0.187. The van der Waals surface area contributed by atoms with Crippen molar-refractivity contribution in [1.82, 2.24) is 0 Å². The Morgan fingerprint density at radius 1 is 1.35 bits per heavy atom. The first-order valence-electron chi connectivity index (χ1n) is 5.68. The van der Waals surface area contributed by atoms with Crippen molar-refractivity contribution in [2.75, 3.05) is 19.8 Å². The zero-order valence-electron chi connectivity index (χ0n) is 9.49. The molecule has 0 amide bonds. The molecule has 3 N–H and O–H groups in total. The van der Waals surface area contributed by atoms with Gasteiger partial charge in [-0.15, -0.1) is 0 Å². The normalized spacial score (nSPS) is 16.4. The Kier molecular flexibility index (Phi) is 4.25. The number of aliphatic hydroxyl groups excluding tert-OH is 1. The molecule has 0 spiro atoms. The van der Waals surface area contributed by atoms with Gasteiger partial charge in [-0.2, -0.15) is 0 Å². The van der Waals surface area contributed by atoms with Crippen molar-refractivity contribution in [3.05, 3.63) is 22.2 Å². The standard InChI is InChI=1S/C12H16BrNO3/c13-9-6-8(10(14)2-3-15)7-11-12(9)17-5-1-4-16-11/h6-7,10,15H,1-5,14H2. The Morgan fingerprint density at radius 2 is 2.12 bits per heavy atom. The number of rotatable bonds is 3. The molecule has 1 atom stereocenters. The van der Waals surface area contributed by atoms with Gasteiger partial charge in [-0.3, -0.25) is 0 Å². The van der Waals surface area contributed by atoms with Crippen LogP contribution in [0.4, 0.5) is 0 Å². The van der Waals surface area contributed by atoms with Crippen LogP contribution in [0.15, 0.2) is 16.6 Å². The van der Waals surface area contributed by atoms with Gasteiger partial charge in [-0.05, 0) is 40.0 Å². The molecule has 1 aliphatic rings. The molecule has 0 aliphatic carbocycles. The average molecular weight is 302 g/mol. The molecule has 1 aliphatic heterocycles. The second kappa shape index (κ2) is 5.71. The van der Waals surface area contributed by atoms with Gasteiger partial charge >= 0.3 is 0 Å². The van der Waals surface area contributed by atoms with E-state index < -0.39 is 0 Å². The quantitative estimate of drug-likeness (QED) is 0.896. The number of halogens is 1. The van der Waals surface area contributed by atoms with E-state index in [2.05, 4.69) is 15.9 Å². The minimum absolute atomic E-state index is 0.0766. The molecule has 1 unspecified atom stereocenters. The van der Waals surface area contributed by atoms with Crippen molar-refractivity contribution in [1.29, 1.82) is 0 Å². The Bertz CT molecular complexity index is 398. The topological polar surface area (TPSA) is 64.7 Å². The molecule has 17 heavy (non-hydrogen) atoms. The summed E-state index contributed by atoms with van der Waals surface area (Å²) in [4.78, 5) is 0. The van der Waals surface area contributed by atoms with E-state index in [1.807, 2.05) is 12.1 Å². The van der Waals surface area contributed by atoms with Crippen LogP contribution >= 0.6 is 15.9 Å². The summed E-state index contributed by atoms with van der Waals surface area (Å²) in [5.74, 6) is 1.46. The molecule has 0 radical (unpaired) electrons. The van der Waals surface area contributed by atoms with Gasteiger partial charge in [0.2, 0.25) is 0 Å². The summed E-state index contributed by atoms with van der Waals surface area (Å²) in [6.45, 7) is 1.39. The molecule has 0 saturated heterocycles. The van der Waals surface area contributed by atoms with Gasteiger partial charge in [0.15, 0.2) is 11.5 Å². The van der Waals surface area contributed by atoms with E-state index in [0.29, 0.717) is 19.6 Å². The summed E-state index contributed by atoms with van der Waals surface area (Å²) >= 11 is 3.46. The highest BCUT2D eigenvalue weighted by molar-refractivity contribution is 9.10. The smallest absolute Gasteiger partial charge is 0.175 e. The third kappa shape index (κ3) is 2.91. The van der Waals surface area contributed by atoms with Crippen LogP contribution < -0.4 is 15.2 Å². The molecular weight excluding hydrogens is 286 g/mol. The van der Waals surface area contributed by atoms with E-state index in [-0.39, 0.29) is 12.6 Å². The van der Waals surface area contributed by atoms with Crippen molar-refractivity contribution in [3.63, 3.8) is 0 Å². The van der Waals surface area contributed by atoms with Crippen LogP contribution in [-0.4, -0.2) is 24.9 Å². The molecule has 1 aromatic rings. The van der Waals surface area contributed by atoms with Crippen molar-refractivity contribution in [3.8, 4) is 11.5 Å². The molecule has 2 rings (SSSR count). The van der Waals surface area contributed by atoms with Gasteiger partial charge in [-0.1, -0.05) is 0 Å². The van der Waals surface area contributed by atoms with E-state index in [9.17, 15) is 0 Å². The second-order valence-corrected chi connectivity index (χ2v) is 4.85.